The Morgan fingerprint density at radius 2 is 1.92 bits per heavy atom. The smallest absolute Gasteiger partial charge is 0.340 e. The second kappa shape index (κ2) is 7.79. The first-order valence-corrected chi connectivity index (χ1v) is 7.67. The highest BCUT2D eigenvalue weighted by Gasteiger charge is 2.23. The average molecular weight is 330 g/mol. The summed E-state index contributed by atoms with van der Waals surface area (Å²) >= 11 is 0. The van der Waals surface area contributed by atoms with Crippen LogP contribution in [0.4, 0.5) is 5.69 Å². The molecule has 1 heterocycles. The summed E-state index contributed by atoms with van der Waals surface area (Å²) in [6.07, 6.45) is 0. The van der Waals surface area contributed by atoms with E-state index in [1.165, 1.54) is 7.11 Å². The van der Waals surface area contributed by atoms with Gasteiger partial charge in [-0.25, -0.2) is 4.79 Å². The topological polar surface area (TPSA) is 80.4 Å². The number of esters is 1. The van der Waals surface area contributed by atoms with Gasteiger partial charge in [-0.2, -0.15) is 0 Å². The molecule has 128 valence electrons. The van der Waals surface area contributed by atoms with Gasteiger partial charge in [0.1, 0.15) is 12.3 Å². The number of hydrogen-bond donors (Lipinski definition) is 2. The molecule has 6 heteroatoms. The largest absolute Gasteiger partial charge is 0.460 e. The summed E-state index contributed by atoms with van der Waals surface area (Å²) in [5.41, 5.74) is 3.67. The van der Waals surface area contributed by atoms with E-state index in [9.17, 15) is 9.59 Å². The number of hydrogen-bond acceptors (Lipinski definition) is 4. The molecule has 0 unspecified atom stereocenters. The van der Waals surface area contributed by atoms with E-state index in [4.69, 9.17) is 9.47 Å². The Bertz CT molecular complexity index is 749. The van der Waals surface area contributed by atoms with E-state index in [0.29, 0.717) is 34.8 Å². The van der Waals surface area contributed by atoms with Crippen molar-refractivity contribution in [1.82, 2.24) is 4.98 Å². The number of aryl methyl sites for hydroxylation is 2. The van der Waals surface area contributed by atoms with Gasteiger partial charge in [-0.05, 0) is 44.0 Å². The number of anilines is 1. The Kier molecular flexibility index (Phi) is 5.76. The Morgan fingerprint density at radius 1 is 1.17 bits per heavy atom. The predicted molar refractivity (Wildman–Crippen MR) is 91.6 cm³/mol. The van der Waals surface area contributed by atoms with Gasteiger partial charge in [0.15, 0.2) is 0 Å². The number of rotatable bonds is 6. The van der Waals surface area contributed by atoms with Crippen molar-refractivity contribution >= 4 is 17.6 Å². The van der Waals surface area contributed by atoms with Gasteiger partial charge in [0.05, 0.1) is 12.2 Å². The fourth-order valence-electron chi connectivity index (χ4n) is 2.49. The first-order chi connectivity index (χ1) is 11.4. The van der Waals surface area contributed by atoms with E-state index in [1.54, 1.807) is 13.8 Å². The van der Waals surface area contributed by atoms with Gasteiger partial charge < -0.3 is 19.8 Å². The van der Waals surface area contributed by atoms with Crippen LogP contribution < -0.4 is 5.32 Å². The lowest BCUT2D eigenvalue weighted by molar-refractivity contribution is 0.0387. The van der Waals surface area contributed by atoms with E-state index < -0.39 is 5.97 Å². The van der Waals surface area contributed by atoms with Crippen LogP contribution in [0.2, 0.25) is 0 Å². The Hall–Kier alpha value is -2.60. The summed E-state index contributed by atoms with van der Waals surface area (Å²) in [6.45, 7) is 5.91. The highest BCUT2D eigenvalue weighted by molar-refractivity contribution is 6.06. The summed E-state index contributed by atoms with van der Waals surface area (Å²) in [6, 6.07) is 7.52. The number of benzene rings is 1. The minimum atomic E-state index is -0.465. The maximum Gasteiger partial charge on any atom is 0.340 e. The standard InChI is InChI=1S/C18H22N2O4/c1-11-6-5-7-14(10-11)20-17(21)16-12(2)15(13(3)19-16)18(22)24-9-8-23-4/h5-7,10,19H,8-9H2,1-4H3,(H,20,21). The molecular weight excluding hydrogens is 308 g/mol. The Balaban J connectivity index is 2.18. The molecule has 0 saturated heterocycles. The number of ether oxygens (including phenoxy) is 2. The number of nitrogens with one attached hydrogen (secondary N) is 2. The van der Waals surface area contributed by atoms with Crippen molar-refractivity contribution in [1.29, 1.82) is 0 Å². The van der Waals surface area contributed by atoms with Gasteiger partial charge in [-0.3, -0.25) is 4.79 Å². The number of methoxy groups -OCH3 is 1. The fraction of sp³-hybridized carbons (Fsp3) is 0.333. The van der Waals surface area contributed by atoms with Gasteiger partial charge in [0.25, 0.3) is 5.91 Å². The van der Waals surface area contributed by atoms with Gasteiger partial charge in [0.2, 0.25) is 0 Å². The van der Waals surface area contributed by atoms with Crippen LogP contribution in [-0.2, 0) is 9.47 Å². The van der Waals surface area contributed by atoms with Crippen molar-refractivity contribution in [2.45, 2.75) is 20.8 Å². The molecule has 0 aliphatic rings. The highest BCUT2D eigenvalue weighted by Crippen LogP contribution is 2.20. The van der Waals surface area contributed by atoms with Crippen molar-refractivity contribution in [3.63, 3.8) is 0 Å². The monoisotopic (exact) mass is 330 g/mol. The number of aromatic nitrogens is 1. The summed E-state index contributed by atoms with van der Waals surface area (Å²) in [5.74, 6) is -0.759. The molecule has 0 spiro atoms. The quantitative estimate of drug-likeness (QED) is 0.630. The van der Waals surface area contributed by atoms with Crippen LogP contribution in [0.5, 0.6) is 0 Å². The first kappa shape index (κ1) is 17.7. The molecule has 2 rings (SSSR count). The maximum atomic E-state index is 12.5. The van der Waals surface area contributed by atoms with Crippen molar-refractivity contribution in [3.05, 3.63) is 52.3 Å². The molecule has 0 aliphatic heterocycles. The zero-order chi connectivity index (χ0) is 17.7. The lowest BCUT2D eigenvalue weighted by atomic mass is 10.1. The number of amides is 1. The van der Waals surface area contributed by atoms with Crippen LogP contribution in [0.25, 0.3) is 0 Å². The predicted octanol–water partition coefficient (Wildman–Crippen LogP) is 3.00. The van der Waals surface area contributed by atoms with Crippen LogP contribution >= 0.6 is 0 Å². The van der Waals surface area contributed by atoms with Crippen molar-refractivity contribution in [3.8, 4) is 0 Å². The van der Waals surface area contributed by atoms with Crippen LogP contribution in [0.1, 0.15) is 37.7 Å². The first-order valence-electron chi connectivity index (χ1n) is 7.67. The molecule has 1 aromatic carbocycles. The molecular formula is C18H22N2O4. The zero-order valence-electron chi connectivity index (χ0n) is 14.4. The molecule has 1 aromatic heterocycles. The highest BCUT2D eigenvalue weighted by atomic mass is 16.6. The third kappa shape index (κ3) is 4.02. The van der Waals surface area contributed by atoms with E-state index in [0.717, 1.165) is 5.56 Å². The van der Waals surface area contributed by atoms with Crippen LogP contribution in [0.3, 0.4) is 0 Å². The molecule has 0 saturated carbocycles. The van der Waals surface area contributed by atoms with Crippen molar-refractivity contribution in [2.75, 3.05) is 25.6 Å². The van der Waals surface area contributed by atoms with Crippen molar-refractivity contribution in [2.24, 2.45) is 0 Å². The summed E-state index contributed by atoms with van der Waals surface area (Å²) < 4.78 is 10.0. The molecule has 0 atom stereocenters. The number of H-pyrrole nitrogens is 1. The normalized spacial score (nSPS) is 10.5. The van der Waals surface area contributed by atoms with Gasteiger partial charge in [-0.1, -0.05) is 12.1 Å². The van der Waals surface area contributed by atoms with E-state index >= 15 is 0 Å². The maximum absolute atomic E-state index is 12.5. The van der Waals surface area contributed by atoms with E-state index in [-0.39, 0.29) is 12.5 Å². The third-order valence-electron chi connectivity index (χ3n) is 3.67. The SMILES string of the molecule is COCCOC(=O)c1c(C)[nH]c(C(=O)Nc2cccc(C)c2)c1C. The number of carbonyl (C=O) groups is 2. The Labute approximate surface area is 141 Å². The zero-order valence-corrected chi connectivity index (χ0v) is 14.4. The molecule has 0 fully saturated rings. The number of carbonyl (C=O) groups excluding carboxylic acids is 2. The van der Waals surface area contributed by atoms with Gasteiger partial charge >= 0.3 is 5.97 Å². The summed E-state index contributed by atoms with van der Waals surface area (Å²) in [7, 11) is 1.54. The molecule has 0 aliphatic carbocycles. The molecule has 0 bridgehead atoms. The summed E-state index contributed by atoms with van der Waals surface area (Å²) in [5, 5.41) is 2.83. The van der Waals surface area contributed by atoms with Crippen LogP contribution in [0, 0.1) is 20.8 Å². The van der Waals surface area contributed by atoms with E-state index in [2.05, 4.69) is 10.3 Å². The van der Waals surface area contributed by atoms with Crippen molar-refractivity contribution < 1.29 is 19.1 Å². The second-order valence-electron chi connectivity index (χ2n) is 5.58. The van der Waals surface area contributed by atoms with E-state index in [1.807, 2.05) is 31.2 Å². The lowest BCUT2D eigenvalue weighted by Crippen LogP contribution is -2.14. The fourth-order valence-corrected chi connectivity index (χ4v) is 2.49. The third-order valence-corrected chi connectivity index (χ3v) is 3.67. The molecule has 2 N–H and O–H groups in total. The number of aromatic amines is 1. The van der Waals surface area contributed by atoms with Crippen LogP contribution in [-0.4, -0.2) is 37.2 Å². The second-order valence-corrected chi connectivity index (χ2v) is 5.58. The lowest BCUT2D eigenvalue weighted by Gasteiger charge is -2.06. The molecule has 24 heavy (non-hydrogen) atoms. The minimum Gasteiger partial charge on any atom is -0.460 e. The van der Waals surface area contributed by atoms with Gasteiger partial charge in [-0.15, -0.1) is 0 Å². The Morgan fingerprint density at radius 3 is 2.58 bits per heavy atom. The average Bonchev–Trinajstić information content (AvgIpc) is 2.82. The molecule has 1 amide bonds. The van der Waals surface area contributed by atoms with Crippen LogP contribution in [0.15, 0.2) is 24.3 Å². The molecule has 6 nitrogen and oxygen atoms in total. The minimum absolute atomic E-state index is 0.171. The summed E-state index contributed by atoms with van der Waals surface area (Å²) in [4.78, 5) is 27.6. The molecule has 2 aromatic rings. The van der Waals surface area contributed by atoms with Gasteiger partial charge in [0, 0.05) is 18.5 Å². The molecule has 0 radical (unpaired) electrons.